The molecule has 0 aromatic heterocycles. The predicted octanol–water partition coefficient (Wildman–Crippen LogP) is 10.9. The third-order valence-electron chi connectivity index (χ3n) is 8.81. The van der Waals surface area contributed by atoms with Crippen LogP contribution < -0.4 is 10.2 Å². The van der Waals surface area contributed by atoms with Crippen LogP contribution in [0, 0.1) is 0 Å². The Morgan fingerprint density at radius 3 is 1.62 bits per heavy atom. The molecule has 3 aromatic carbocycles. The number of hydrogen-bond acceptors (Lipinski definition) is 1. The minimum Gasteiger partial charge on any atom is -0.377 e. The summed E-state index contributed by atoms with van der Waals surface area (Å²) in [7, 11) is 3.15. The summed E-state index contributed by atoms with van der Waals surface area (Å²) in [5.41, 5.74) is 1.28. The van der Waals surface area contributed by atoms with Crippen molar-refractivity contribution in [2.24, 2.45) is 0 Å². The van der Waals surface area contributed by atoms with Crippen LogP contribution in [0.15, 0.2) is 60.7 Å². The third kappa shape index (κ3) is 6.67. The number of alkyl halides is 6. The monoisotopic (exact) mass is 605 g/mol. The molecule has 0 aliphatic heterocycles. The smallest absolute Gasteiger partial charge is 0.377 e. The van der Waals surface area contributed by atoms with Gasteiger partial charge in [0.25, 0.3) is 0 Å². The van der Waals surface area contributed by atoms with Gasteiger partial charge in [-0.2, -0.15) is 26.3 Å². The van der Waals surface area contributed by atoms with E-state index in [0.717, 1.165) is 23.4 Å². The average Bonchev–Trinajstić information content (AvgIpc) is 2.97. The molecule has 0 spiro atoms. The molecule has 1 nitrogen and oxygen atoms in total. The highest BCUT2D eigenvalue weighted by Gasteiger charge is 2.38. The lowest BCUT2D eigenvalue weighted by Gasteiger charge is -2.40. The first kappa shape index (κ1) is 30.9. The van der Waals surface area contributed by atoms with E-state index in [-0.39, 0.29) is 11.6 Å². The molecule has 0 amide bonds. The lowest BCUT2D eigenvalue weighted by atomic mass is 9.90. The standard InChI is InChI=1S/C34H38F6NP/c1-41(2)30-18-11-17-28(23-20-24(33(35,36)37)22-25(21-23)34(38,39)40)32(30)29-16-9-10-19-31(29)42(26-12-5-3-6-13-26)27-14-7-4-8-15-27/h9-11,16-22,26-27H,3-8,12-15H2,1-2H3. The molecule has 2 fully saturated rings. The quantitative estimate of drug-likeness (QED) is 0.200. The van der Waals surface area contributed by atoms with Crippen LogP contribution >= 0.6 is 7.92 Å². The second-order valence-electron chi connectivity index (χ2n) is 11.9. The summed E-state index contributed by atoms with van der Waals surface area (Å²) in [5.74, 6) is 0. The molecule has 0 bridgehead atoms. The first-order valence-electron chi connectivity index (χ1n) is 14.9. The Morgan fingerprint density at radius 1 is 0.619 bits per heavy atom. The van der Waals surface area contributed by atoms with E-state index in [0.29, 0.717) is 22.4 Å². The Labute approximate surface area is 246 Å². The van der Waals surface area contributed by atoms with Gasteiger partial charge in [0, 0.05) is 25.3 Å². The van der Waals surface area contributed by atoms with Crippen molar-refractivity contribution >= 4 is 18.9 Å². The SMILES string of the molecule is CN(C)c1cccc(-c2cc(C(F)(F)F)cc(C(F)(F)F)c2)c1-c1ccccc1P(C1CCCCC1)C1CCCCC1. The van der Waals surface area contributed by atoms with E-state index in [1.54, 1.807) is 12.1 Å². The van der Waals surface area contributed by atoms with E-state index in [4.69, 9.17) is 0 Å². The highest BCUT2D eigenvalue weighted by molar-refractivity contribution is 7.67. The Morgan fingerprint density at radius 2 is 1.12 bits per heavy atom. The van der Waals surface area contributed by atoms with Gasteiger partial charge in [0.05, 0.1) is 11.1 Å². The second-order valence-corrected chi connectivity index (χ2v) is 14.7. The fraction of sp³-hybridized carbons (Fsp3) is 0.471. The summed E-state index contributed by atoms with van der Waals surface area (Å²) >= 11 is 0. The highest BCUT2D eigenvalue weighted by Crippen LogP contribution is 2.57. The highest BCUT2D eigenvalue weighted by atomic mass is 31.1. The molecular weight excluding hydrogens is 567 g/mol. The van der Waals surface area contributed by atoms with Crippen LogP contribution in [0.3, 0.4) is 0 Å². The first-order valence-corrected chi connectivity index (χ1v) is 16.4. The van der Waals surface area contributed by atoms with Gasteiger partial charge < -0.3 is 4.90 Å². The molecular formula is C34H38F6NP. The van der Waals surface area contributed by atoms with Crippen LogP contribution in [0.4, 0.5) is 32.0 Å². The summed E-state index contributed by atoms with van der Waals surface area (Å²) in [4.78, 5) is 1.90. The van der Waals surface area contributed by atoms with Gasteiger partial charge in [-0.15, -0.1) is 0 Å². The van der Waals surface area contributed by atoms with Crippen LogP contribution in [-0.2, 0) is 12.4 Å². The number of nitrogens with zero attached hydrogens (tertiary/aromatic N) is 1. The predicted molar refractivity (Wildman–Crippen MR) is 162 cm³/mol. The van der Waals surface area contributed by atoms with Gasteiger partial charge in [-0.3, -0.25) is 0 Å². The zero-order valence-electron chi connectivity index (χ0n) is 24.2. The maximum absolute atomic E-state index is 13.9. The van der Waals surface area contributed by atoms with Crippen molar-refractivity contribution in [3.63, 3.8) is 0 Å². The minimum absolute atomic E-state index is 0.0784. The van der Waals surface area contributed by atoms with E-state index in [9.17, 15) is 26.3 Å². The molecule has 2 saturated carbocycles. The molecule has 0 heterocycles. The average molecular weight is 606 g/mol. The first-order chi connectivity index (χ1) is 19.9. The van der Waals surface area contributed by atoms with Crippen LogP contribution in [0.1, 0.15) is 75.3 Å². The van der Waals surface area contributed by atoms with Gasteiger partial charge >= 0.3 is 12.4 Å². The maximum atomic E-state index is 13.9. The largest absolute Gasteiger partial charge is 0.416 e. The molecule has 5 rings (SSSR count). The van der Waals surface area contributed by atoms with Gasteiger partial charge in [0.2, 0.25) is 0 Å². The molecule has 3 aromatic rings. The number of anilines is 1. The zero-order chi connectivity index (χ0) is 30.1. The lowest BCUT2D eigenvalue weighted by molar-refractivity contribution is -0.143. The Hall–Kier alpha value is -2.53. The van der Waals surface area contributed by atoms with Crippen LogP contribution in [-0.4, -0.2) is 25.4 Å². The Balaban J connectivity index is 1.76. The summed E-state index contributed by atoms with van der Waals surface area (Å²) in [5, 5.41) is 1.24. The van der Waals surface area contributed by atoms with E-state index >= 15 is 0 Å². The number of halogens is 6. The van der Waals surface area contributed by atoms with Crippen molar-refractivity contribution in [1.29, 1.82) is 0 Å². The molecule has 226 valence electrons. The Kier molecular flexibility index (Phi) is 9.27. The van der Waals surface area contributed by atoms with E-state index < -0.39 is 31.4 Å². The van der Waals surface area contributed by atoms with Crippen molar-refractivity contribution in [2.45, 2.75) is 87.9 Å². The molecule has 0 atom stereocenters. The molecule has 42 heavy (non-hydrogen) atoms. The Bertz CT molecular complexity index is 1320. The molecule has 0 N–H and O–H groups in total. The lowest BCUT2D eigenvalue weighted by Crippen LogP contribution is -2.27. The normalized spacial score (nSPS) is 17.5. The van der Waals surface area contributed by atoms with Gasteiger partial charge in [-0.1, -0.05) is 82.8 Å². The van der Waals surface area contributed by atoms with Crippen molar-refractivity contribution in [3.05, 3.63) is 71.8 Å². The van der Waals surface area contributed by atoms with Gasteiger partial charge in [0.1, 0.15) is 0 Å². The van der Waals surface area contributed by atoms with Crippen LogP contribution in [0.25, 0.3) is 22.3 Å². The van der Waals surface area contributed by atoms with Crippen molar-refractivity contribution in [1.82, 2.24) is 0 Å². The van der Waals surface area contributed by atoms with E-state index in [2.05, 4.69) is 6.07 Å². The molecule has 2 aliphatic rings. The summed E-state index contributed by atoms with van der Waals surface area (Å²) in [6.45, 7) is 0. The molecule has 0 radical (unpaired) electrons. The second kappa shape index (κ2) is 12.6. The summed E-state index contributed by atoms with van der Waals surface area (Å²) < 4.78 is 83.3. The molecule has 0 saturated heterocycles. The van der Waals surface area contributed by atoms with Crippen molar-refractivity contribution in [2.75, 3.05) is 19.0 Å². The maximum Gasteiger partial charge on any atom is 0.416 e. The fourth-order valence-electron chi connectivity index (χ4n) is 6.87. The molecule has 2 aliphatic carbocycles. The van der Waals surface area contributed by atoms with Crippen molar-refractivity contribution in [3.8, 4) is 22.3 Å². The van der Waals surface area contributed by atoms with E-state index in [1.807, 2.05) is 43.3 Å². The van der Waals surface area contributed by atoms with E-state index in [1.165, 1.54) is 69.5 Å². The van der Waals surface area contributed by atoms with Gasteiger partial charge in [0.15, 0.2) is 0 Å². The van der Waals surface area contributed by atoms with Crippen molar-refractivity contribution < 1.29 is 26.3 Å². The number of benzene rings is 3. The minimum atomic E-state index is -4.91. The molecule has 8 heteroatoms. The van der Waals surface area contributed by atoms with Crippen LogP contribution in [0.5, 0.6) is 0 Å². The summed E-state index contributed by atoms with van der Waals surface area (Å²) in [6.07, 6.45) is 2.24. The fourth-order valence-corrected chi connectivity index (χ4v) is 10.8. The zero-order valence-corrected chi connectivity index (χ0v) is 25.1. The molecule has 0 unspecified atom stereocenters. The van der Waals surface area contributed by atoms with Gasteiger partial charge in [-0.25, -0.2) is 0 Å². The van der Waals surface area contributed by atoms with Gasteiger partial charge in [-0.05, 0) is 83.3 Å². The third-order valence-corrected chi connectivity index (χ3v) is 12.4. The number of rotatable bonds is 6. The topological polar surface area (TPSA) is 3.24 Å². The summed E-state index contributed by atoms with van der Waals surface area (Å²) in [6, 6.07) is 15.4. The van der Waals surface area contributed by atoms with Crippen LogP contribution in [0.2, 0.25) is 0 Å². The number of hydrogen-bond donors (Lipinski definition) is 0.